The van der Waals surface area contributed by atoms with Crippen molar-refractivity contribution in [3.05, 3.63) is 0 Å². The molecule has 1 aliphatic rings. The Morgan fingerprint density at radius 2 is 1.75 bits per heavy atom. The zero-order valence-corrected chi connectivity index (χ0v) is 5.26. The first-order chi connectivity index (χ1) is 3.39. The minimum Gasteiger partial charge on any atom is -0.379 e. The summed E-state index contributed by atoms with van der Waals surface area (Å²) in [4.78, 5) is 2.27. The van der Waals surface area contributed by atoms with Crippen LogP contribution >= 0.6 is 0 Å². The van der Waals surface area contributed by atoms with Gasteiger partial charge in [-0.25, -0.2) is 0 Å². The molecule has 0 spiro atoms. The van der Waals surface area contributed by atoms with Crippen molar-refractivity contribution in [1.29, 1.82) is 0 Å². The van der Waals surface area contributed by atoms with Crippen molar-refractivity contribution in [2.75, 3.05) is 33.4 Å². The maximum absolute atomic E-state index is 5.10. The van der Waals surface area contributed by atoms with Gasteiger partial charge in [0, 0.05) is 21.5 Å². The molecule has 3 heteroatoms. The monoisotopic (exact) mass is 112 g/mol. The Balaban J connectivity index is 0.000000490. The molecule has 1 rings (SSSR count). The lowest BCUT2D eigenvalue weighted by atomic mass is 10.5. The van der Waals surface area contributed by atoms with Gasteiger partial charge in [0.25, 0.3) is 0 Å². The summed E-state index contributed by atoms with van der Waals surface area (Å²) in [5.74, 6) is 0. The van der Waals surface area contributed by atoms with Crippen LogP contribution < -0.4 is 0 Å². The van der Waals surface area contributed by atoms with Crippen molar-refractivity contribution in [3.8, 4) is 0 Å². The average molecular weight is 112 g/mol. The summed E-state index contributed by atoms with van der Waals surface area (Å²) < 4.78 is 5.10. The highest BCUT2D eigenvalue weighted by Gasteiger charge is 2.02. The van der Waals surface area contributed by atoms with E-state index in [9.17, 15) is 0 Å². The molecule has 0 atom stereocenters. The van der Waals surface area contributed by atoms with Gasteiger partial charge in [-0.3, -0.25) is 0 Å². The third kappa shape index (κ3) is 2.33. The van der Waals surface area contributed by atoms with Crippen molar-refractivity contribution in [2.45, 2.75) is 0 Å². The van der Waals surface area contributed by atoms with Gasteiger partial charge in [-0.15, -0.1) is 0 Å². The molecule has 0 aliphatic carbocycles. The molecule has 2 nitrogen and oxygen atoms in total. The van der Waals surface area contributed by atoms with Gasteiger partial charge < -0.3 is 9.64 Å². The highest BCUT2D eigenvalue weighted by molar-refractivity contribution is 5.75. The van der Waals surface area contributed by atoms with Gasteiger partial charge in [-0.05, 0) is 7.05 Å². The number of likely N-dealkylation sites (N-methyl/N-ethyl adjacent to an activating group) is 1. The van der Waals surface area contributed by atoms with Crippen LogP contribution in [0.25, 0.3) is 0 Å². The van der Waals surface area contributed by atoms with Crippen molar-refractivity contribution in [3.63, 3.8) is 0 Å². The molecule has 0 bridgehead atoms. The van der Waals surface area contributed by atoms with Crippen LogP contribution in [0.1, 0.15) is 0 Å². The zero-order valence-electron chi connectivity index (χ0n) is 5.26. The summed E-state index contributed by atoms with van der Waals surface area (Å²) in [6.45, 7) is 4.02. The van der Waals surface area contributed by atoms with Gasteiger partial charge >= 0.3 is 0 Å². The van der Waals surface area contributed by atoms with Gasteiger partial charge in [0.05, 0.1) is 13.2 Å². The van der Waals surface area contributed by atoms with E-state index in [2.05, 4.69) is 11.9 Å². The van der Waals surface area contributed by atoms with Crippen LogP contribution in [0.2, 0.25) is 0 Å². The molecular formula is C5H11BNO. The van der Waals surface area contributed by atoms with E-state index in [0.29, 0.717) is 0 Å². The van der Waals surface area contributed by atoms with Crippen LogP contribution in [0.5, 0.6) is 0 Å². The molecule has 0 amide bonds. The molecule has 1 saturated heterocycles. The molecule has 3 radical (unpaired) electrons. The van der Waals surface area contributed by atoms with E-state index in [4.69, 9.17) is 4.74 Å². The molecule has 1 fully saturated rings. The lowest BCUT2D eigenvalue weighted by Crippen LogP contribution is -2.32. The summed E-state index contributed by atoms with van der Waals surface area (Å²) in [6.07, 6.45) is 0. The standard InChI is InChI=1S/C5H11NO.B/c1-6-2-4-7-5-3-6;/h2-5H2,1H3;. The first-order valence-corrected chi connectivity index (χ1v) is 2.66. The Kier molecular flexibility index (Phi) is 3.92. The topological polar surface area (TPSA) is 12.5 Å². The second-order valence-electron chi connectivity index (χ2n) is 1.92. The van der Waals surface area contributed by atoms with Crippen molar-refractivity contribution in [1.82, 2.24) is 4.90 Å². The number of morpholine rings is 1. The second-order valence-corrected chi connectivity index (χ2v) is 1.92. The van der Waals surface area contributed by atoms with Crippen LogP contribution in [0.15, 0.2) is 0 Å². The van der Waals surface area contributed by atoms with E-state index in [-0.39, 0.29) is 8.41 Å². The number of nitrogens with zero attached hydrogens (tertiary/aromatic N) is 1. The third-order valence-electron chi connectivity index (χ3n) is 1.23. The summed E-state index contributed by atoms with van der Waals surface area (Å²) in [6, 6.07) is 0. The Labute approximate surface area is 52.4 Å². The van der Waals surface area contributed by atoms with E-state index in [0.717, 1.165) is 26.3 Å². The van der Waals surface area contributed by atoms with Crippen molar-refractivity contribution < 1.29 is 4.74 Å². The minimum atomic E-state index is 0. The molecule has 1 aliphatic heterocycles. The maximum Gasteiger partial charge on any atom is 0.0594 e. The smallest absolute Gasteiger partial charge is 0.0594 e. The first kappa shape index (κ1) is 7.98. The maximum atomic E-state index is 5.10. The van der Waals surface area contributed by atoms with E-state index in [1.54, 1.807) is 0 Å². The Bertz CT molecular complexity index is 54.4. The van der Waals surface area contributed by atoms with Crippen LogP contribution in [-0.2, 0) is 4.74 Å². The lowest BCUT2D eigenvalue weighted by Gasteiger charge is -2.21. The highest BCUT2D eigenvalue weighted by atomic mass is 16.5. The predicted molar refractivity (Wildman–Crippen MR) is 34.1 cm³/mol. The van der Waals surface area contributed by atoms with E-state index in [1.807, 2.05) is 0 Å². The molecule has 0 aromatic rings. The van der Waals surface area contributed by atoms with Crippen molar-refractivity contribution >= 4 is 8.41 Å². The minimum absolute atomic E-state index is 0. The molecule has 0 aromatic carbocycles. The number of rotatable bonds is 0. The van der Waals surface area contributed by atoms with Gasteiger partial charge in [-0.1, -0.05) is 0 Å². The van der Waals surface area contributed by atoms with Gasteiger partial charge in [0.1, 0.15) is 0 Å². The zero-order chi connectivity index (χ0) is 5.11. The van der Waals surface area contributed by atoms with Crippen LogP contribution in [0.3, 0.4) is 0 Å². The van der Waals surface area contributed by atoms with E-state index in [1.165, 1.54) is 0 Å². The Morgan fingerprint density at radius 1 is 1.25 bits per heavy atom. The third-order valence-corrected chi connectivity index (χ3v) is 1.23. The summed E-state index contributed by atoms with van der Waals surface area (Å²) >= 11 is 0. The quantitative estimate of drug-likeness (QED) is 0.394. The fraction of sp³-hybridized carbons (Fsp3) is 1.00. The normalized spacial score (nSPS) is 22.1. The molecule has 0 saturated carbocycles. The molecule has 8 heavy (non-hydrogen) atoms. The Morgan fingerprint density at radius 3 is 2.00 bits per heavy atom. The van der Waals surface area contributed by atoms with Crippen molar-refractivity contribution in [2.24, 2.45) is 0 Å². The fourth-order valence-electron chi connectivity index (χ4n) is 0.655. The van der Waals surface area contributed by atoms with Crippen LogP contribution in [0, 0.1) is 0 Å². The molecule has 45 valence electrons. The highest BCUT2D eigenvalue weighted by Crippen LogP contribution is 1.89. The lowest BCUT2D eigenvalue weighted by molar-refractivity contribution is 0.0503. The van der Waals surface area contributed by atoms with Gasteiger partial charge in [-0.2, -0.15) is 0 Å². The molecule has 0 unspecified atom stereocenters. The molecule has 1 heterocycles. The van der Waals surface area contributed by atoms with Gasteiger partial charge in [0.2, 0.25) is 0 Å². The molecule has 0 N–H and O–H groups in total. The summed E-state index contributed by atoms with van der Waals surface area (Å²) in [5, 5.41) is 0. The predicted octanol–water partition coefficient (Wildman–Crippen LogP) is -0.432. The Hall–Kier alpha value is -0.0151. The summed E-state index contributed by atoms with van der Waals surface area (Å²) in [7, 11) is 2.11. The fourth-order valence-corrected chi connectivity index (χ4v) is 0.655. The number of hydrogen-bond acceptors (Lipinski definition) is 2. The van der Waals surface area contributed by atoms with Crippen LogP contribution in [-0.4, -0.2) is 46.7 Å². The number of ether oxygens (including phenoxy) is 1. The van der Waals surface area contributed by atoms with E-state index >= 15 is 0 Å². The first-order valence-electron chi connectivity index (χ1n) is 2.66. The molecule has 0 aromatic heterocycles. The SMILES string of the molecule is CN1CCOCC1.[B]. The second kappa shape index (κ2) is 3.92. The van der Waals surface area contributed by atoms with Crippen LogP contribution in [0.4, 0.5) is 0 Å². The number of hydrogen-bond donors (Lipinski definition) is 0. The molecular weight excluding hydrogens is 101 g/mol. The van der Waals surface area contributed by atoms with E-state index < -0.39 is 0 Å². The largest absolute Gasteiger partial charge is 0.379 e. The van der Waals surface area contributed by atoms with Gasteiger partial charge in [0.15, 0.2) is 0 Å². The average Bonchev–Trinajstić information content (AvgIpc) is 1.69. The summed E-state index contributed by atoms with van der Waals surface area (Å²) in [5.41, 5.74) is 0.